The highest BCUT2D eigenvalue weighted by molar-refractivity contribution is 6.74. The number of ketones is 2. The van der Waals surface area contributed by atoms with Gasteiger partial charge in [0, 0.05) is 11.1 Å². The minimum absolute atomic E-state index is 0.127. The van der Waals surface area contributed by atoms with E-state index >= 15 is 0 Å². The first-order chi connectivity index (χ1) is 15.8. The fraction of sp³-hybridized carbons (Fsp3) is 0.517. The molecule has 4 nitrogen and oxygen atoms in total. The number of rotatable bonds is 8. The Morgan fingerprint density at radius 2 is 1.44 bits per heavy atom. The van der Waals surface area contributed by atoms with E-state index in [0.29, 0.717) is 17.7 Å². The summed E-state index contributed by atoms with van der Waals surface area (Å²) in [5, 5.41) is 0.127. The molecule has 0 aliphatic heterocycles. The lowest BCUT2D eigenvalue weighted by atomic mass is 9.82. The van der Waals surface area contributed by atoms with Gasteiger partial charge in [0.15, 0.2) is 8.32 Å². The monoisotopic (exact) mass is 478 g/mol. The molecular weight excluding hydrogens is 440 g/mol. The van der Waals surface area contributed by atoms with Gasteiger partial charge in [-0.25, -0.2) is 0 Å². The van der Waals surface area contributed by atoms with Crippen LogP contribution >= 0.6 is 0 Å². The van der Waals surface area contributed by atoms with Crippen molar-refractivity contribution in [1.82, 2.24) is 0 Å². The topological polar surface area (TPSA) is 52.6 Å². The van der Waals surface area contributed by atoms with Crippen LogP contribution in [0.5, 0.6) is 5.75 Å². The molecule has 0 aromatic heterocycles. The fourth-order valence-electron chi connectivity index (χ4n) is 4.52. The lowest BCUT2D eigenvalue weighted by Crippen LogP contribution is -2.48. The van der Waals surface area contributed by atoms with E-state index in [-0.39, 0.29) is 10.6 Å². The molecule has 1 saturated carbocycles. The van der Waals surface area contributed by atoms with E-state index in [0.717, 1.165) is 41.2 Å². The number of ether oxygens (including phenoxy) is 1. The van der Waals surface area contributed by atoms with Gasteiger partial charge >= 0.3 is 0 Å². The van der Waals surface area contributed by atoms with Crippen molar-refractivity contribution in [3.63, 3.8) is 0 Å². The van der Waals surface area contributed by atoms with Crippen LogP contribution in [0.3, 0.4) is 0 Å². The average molecular weight is 479 g/mol. The Hall–Kier alpha value is -2.24. The summed E-state index contributed by atoms with van der Waals surface area (Å²) in [6, 6.07) is 11.3. The first-order valence-corrected chi connectivity index (χ1v) is 15.4. The molecule has 0 spiro atoms. The van der Waals surface area contributed by atoms with Crippen LogP contribution in [-0.4, -0.2) is 32.1 Å². The summed E-state index contributed by atoms with van der Waals surface area (Å²) in [7, 11) is -1.94. The van der Waals surface area contributed by atoms with Crippen molar-refractivity contribution in [2.24, 2.45) is 5.92 Å². The van der Waals surface area contributed by atoms with Gasteiger partial charge in [-0.15, -0.1) is 0 Å². The van der Waals surface area contributed by atoms with Gasteiger partial charge in [-0.2, -0.15) is 0 Å². The second kappa shape index (κ2) is 8.76. The fourth-order valence-corrected chi connectivity index (χ4v) is 6.28. The van der Waals surface area contributed by atoms with Crippen molar-refractivity contribution >= 4 is 19.9 Å². The van der Waals surface area contributed by atoms with E-state index in [4.69, 9.17) is 9.16 Å². The van der Waals surface area contributed by atoms with Gasteiger partial charge < -0.3 is 9.16 Å². The van der Waals surface area contributed by atoms with E-state index in [1.54, 1.807) is 12.1 Å². The quantitative estimate of drug-likeness (QED) is 0.296. The largest absolute Gasteiger partial charge is 0.494 e. The molecule has 2 aromatic rings. The molecule has 0 amide bonds. The highest BCUT2D eigenvalue weighted by atomic mass is 28.4. The molecule has 0 atom stereocenters. The molecule has 182 valence electrons. The van der Waals surface area contributed by atoms with E-state index in [9.17, 15) is 9.59 Å². The Morgan fingerprint density at radius 3 is 2.03 bits per heavy atom. The van der Waals surface area contributed by atoms with E-state index in [1.165, 1.54) is 12.8 Å². The van der Waals surface area contributed by atoms with Crippen LogP contribution in [0, 0.1) is 5.92 Å². The summed E-state index contributed by atoms with van der Waals surface area (Å²) in [6.45, 7) is 16.2. The lowest BCUT2D eigenvalue weighted by Gasteiger charge is -2.43. The highest BCUT2D eigenvalue weighted by Crippen LogP contribution is 2.41. The van der Waals surface area contributed by atoms with Crippen molar-refractivity contribution in [1.29, 1.82) is 0 Å². The third kappa shape index (κ3) is 5.21. The third-order valence-corrected chi connectivity index (χ3v) is 12.2. The Bertz CT molecular complexity index is 1120. The molecule has 5 heteroatoms. The zero-order chi connectivity index (χ0) is 24.9. The summed E-state index contributed by atoms with van der Waals surface area (Å²) in [4.78, 5) is 25.6. The van der Waals surface area contributed by atoms with Crippen LogP contribution in [0.25, 0.3) is 11.1 Å². The summed E-state index contributed by atoms with van der Waals surface area (Å²) in [5.41, 5.74) is 3.28. The number of Topliss-reactive ketones (excluding diaryl/α,β-unsaturated/α-hetero) is 2. The average Bonchev–Trinajstić information content (AvgIpc) is 3.54. The smallest absolute Gasteiger partial charge is 0.234 e. The standard InChI is InChI=1S/C29H38O4Si/c1-28(2,3)34(6,7)33-29(4,5)18-20-10-12-22-24(16-20)25-17-21(32-15-14-19-8-9-19)11-13-23(25)27(31)26(22)30/h10-13,16-17,19H,8-9,14-15,18H2,1-7H3. The normalized spacial score (nSPS) is 16.3. The minimum Gasteiger partial charge on any atom is -0.494 e. The van der Waals surface area contributed by atoms with Gasteiger partial charge in [-0.1, -0.05) is 51.8 Å². The molecule has 0 heterocycles. The summed E-state index contributed by atoms with van der Waals surface area (Å²) in [5.74, 6) is 0.672. The zero-order valence-corrected chi connectivity index (χ0v) is 22.7. The summed E-state index contributed by atoms with van der Waals surface area (Å²) >= 11 is 0. The minimum atomic E-state index is -1.94. The van der Waals surface area contributed by atoms with Crippen LogP contribution in [0.15, 0.2) is 36.4 Å². The maximum atomic E-state index is 12.8. The van der Waals surface area contributed by atoms with Crippen molar-refractivity contribution < 1.29 is 18.8 Å². The van der Waals surface area contributed by atoms with Crippen LogP contribution < -0.4 is 4.74 Å². The van der Waals surface area contributed by atoms with Crippen LogP contribution in [0.4, 0.5) is 0 Å². The van der Waals surface area contributed by atoms with Crippen molar-refractivity contribution in [3.8, 4) is 16.9 Å². The molecule has 34 heavy (non-hydrogen) atoms. The van der Waals surface area contributed by atoms with Gasteiger partial charge in [0.1, 0.15) is 5.75 Å². The molecule has 1 fully saturated rings. The number of benzene rings is 2. The SMILES string of the molecule is CC(C)(Cc1ccc2c(c1)-c1cc(OCCC3CC3)ccc1C(=O)C2=O)O[Si](C)(C)C(C)(C)C. The van der Waals surface area contributed by atoms with Gasteiger partial charge in [0.2, 0.25) is 11.6 Å². The Labute approximate surface area is 205 Å². The molecule has 0 bridgehead atoms. The van der Waals surface area contributed by atoms with Gasteiger partial charge in [0.05, 0.1) is 12.2 Å². The van der Waals surface area contributed by atoms with Crippen LogP contribution in [0.2, 0.25) is 18.1 Å². The number of carbonyl (C=O) groups excluding carboxylic acids is 2. The third-order valence-electron chi connectivity index (χ3n) is 7.52. The van der Waals surface area contributed by atoms with Gasteiger partial charge in [-0.05, 0) is 85.6 Å². The number of fused-ring (bicyclic) bond motifs is 3. The Morgan fingerprint density at radius 1 is 0.853 bits per heavy atom. The van der Waals surface area contributed by atoms with Crippen molar-refractivity contribution in [3.05, 3.63) is 53.1 Å². The number of carbonyl (C=O) groups is 2. The molecule has 0 saturated heterocycles. The summed E-state index contributed by atoms with van der Waals surface area (Å²) in [6.07, 6.45) is 4.39. The molecule has 2 aromatic carbocycles. The molecule has 4 rings (SSSR count). The molecule has 0 N–H and O–H groups in total. The molecule has 0 radical (unpaired) electrons. The summed E-state index contributed by atoms with van der Waals surface area (Å²) < 4.78 is 12.7. The Balaban J connectivity index is 1.62. The Kier molecular flexibility index (Phi) is 6.41. The van der Waals surface area contributed by atoms with E-state index in [1.807, 2.05) is 18.2 Å². The van der Waals surface area contributed by atoms with Crippen LogP contribution in [0.1, 0.15) is 80.2 Å². The molecule has 2 aliphatic carbocycles. The van der Waals surface area contributed by atoms with Crippen LogP contribution in [-0.2, 0) is 10.8 Å². The van der Waals surface area contributed by atoms with Crippen molar-refractivity contribution in [2.75, 3.05) is 6.61 Å². The van der Waals surface area contributed by atoms with Gasteiger partial charge in [-0.3, -0.25) is 9.59 Å². The zero-order valence-electron chi connectivity index (χ0n) is 21.7. The first-order valence-electron chi connectivity index (χ1n) is 12.5. The molecule has 0 unspecified atom stereocenters. The highest BCUT2D eigenvalue weighted by Gasteiger charge is 2.41. The number of hydrogen-bond acceptors (Lipinski definition) is 4. The second-order valence-electron chi connectivity index (χ2n) is 12.1. The number of hydrogen-bond donors (Lipinski definition) is 0. The molecule has 2 aliphatic rings. The van der Waals surface area contributed by atoms with E-state index < -0.39 is 19.9 Å². The maximum Gasteiger partial charge on any atom is 0.234 e. The van der Waals surface area contributed by atoms with Gasteiger partial charge in [0.25, 0.3) is 0 Å². The second-order valence-corrected chi connectivity index (χ2v) is 16.8. The predicted octanol–water partition coefficient (Wildman–Crippen LogP) is 7.25. The lowest BCUT2D eigenvalue weighted by molar-refractivity contribution is 0.0815. The first kappa shape index (κ1) is 24.9. The maximum absolute atomic E-state index is 12.8. The van der Waals surface area contributed by atoms with Crippen molar-refractivity contribution in [2.45, 2.75) is 84.0 Å². The molecular formula is C29H38O4Si. The predicted molar refractivity (Wildman–Crippen MR) is 139 cm³/mol. The van der Waals surface area contributed by atoms with E-state index in [2.05, 4.69) is 53.8 Å².